The largest absolute Gasteiger partial charge is 0.472 e. The molecule has 1 saturated heterocycles. The molecule has 4 heteroatoms. The third-order valence-corrected chi connectivity index (χ3v) is 4.86. The highest BCUT2D eigenvalue weighted by Crippen LogP contribution is 2.36. The number of para-hydroxylation sites is 1. The number of anilines is 1. The Balaban J connectivity index is 1.49. The molecule has 1 aliphatic heterocycles. The summed E-state index contributed by atoms with van der Waals surface area (Å²) < 4.78 is 12.1. The Morgan fingerprint density at radius 2 is 1.91 bits per heavy atom. The molecule has 120 valence electrons. The van der Waals surface area contributed by atoms with Crippen molar-refractivity contribution in [3.63, 3.8) is 0 Å². The maximum Gasteiger partial charge on any atom is 0.213 e. The predicted molar refractivity (Wildman–Crippen MR) is 89.6 cm³/mol. The fourth-order valence-electron chi connectivity index (χ4n) is 3.70. The second-order valence-electron chi connectivity index (χ2n) is 6.37. The minimum absolute atomic E-state index is 0.0580. The SMILES string of the molecule is c1ccc(N[C@@H]2CC[C@H]3C[C@H]2C(Oc2ccccn2)CO3)cc1. The van der Waals surface area contributed by atoms with Crippen molar-refractivity contribution < 1.29 is 9.47 Å². The summed E-state index contributed by atoms with van der Waals surface area (Å²) in [5.41, 5.74) is 1.18. The molecule has 2 aromatic rings. The lowest BCUT2D eigenvalue weighted by atomic mass is 9.77. The van der Waals surface area contributed by atoms with Gasteiger partial charge in [-0.05, 0) is 37.5 Å². The van der Waals surface area contributed by atoms with Crippen molar-refractivity contribution in [1.82, 2.24) is 4.98 Å². The minimum Gasteiger partial charge on any atom is -0.472 e. The third-order valence-electron chi connectivity index (χ3n) is 4.86. The Kier molecular flexibility index (Phi) is 4.16. The zero-order valence-electron chi connectivity index (χ0n) is 13.1. The van der Waals surface area contributed by atoms with E-state index in [-0.39, 0.29) is 6.10 Å². The van der Waals surface area contributed by atoms with Gasteiger partial charge in [-0.2, -0.15) is 0 Å². The number of nitrogens with one attached hydrogen (secondary N) is 1. The molecule has 4 nitrogen and oxygen atoms in total. The van der Waals surface area contributed by atoms with Crippen LogP contribution in [0.4, 0.5) is 5.69 Å². The zero-order chi connectivity index (χ0) is 15.5. The van der Waals surface area contributed by atoms with Gasteiger partial charge in [0.05, 0.1) is 12.7 Å². The molecule has 2 bridgehead atoms. The van der Waals surface area contributed by atoms with Gasteiger partial charge >= 0.3 is 0 Å². The molecule has 4 atom stereocenters. The van der Waals surface area contributed by atoms with Gasteiger partial charge in [0, 0.05) is 29.9 Å². The second-order valence-corrected chi connectivity index (χ2v) is 6.37. The molecule has 4 rings (SSSR count). The summed E-state index contributed by atoms with van der Waals surface area (Å²) in [6.07, 6.45) is 5.51. The molecule has 1 aromatic heterocycles. The molecule has 0 amide bonds. The summed E-state index contributed by atoms with van der Waals surface area (Å²) >= 11 is 0. The lowest BCUT2D eigenvalue weighted by Gasteiger charge is -2.44. The van der Waals surface area contributed by atoms with E-state index in [0.29, 0.717) is 30.6 Å². The number of ether oxygens (including phenoxy) is 2. The monoisotopic (exact) mass is 310 g/mol. The average molecular weight is 310 g/mol. The molecule has 2 heterocycles. The van der Waals surface area contributed by atoms with Crippen molar-refractivity contribution in [2.24, 2.45) is 5.92 Å². The van der Waals surface area contributed by atoms with Crippen LogP contribution in [0.2, 0.25) is 0 Å². The van der Waals surface area contributed by atoms with Gasteiger partial charge in [0.25, 0.3) is 0 Å². The smallest absolute Gasteiger partial charge is 0.213 e. The lowest BCUT2D eigenvalue weighted by molar-refractivity contribution is -0.103. The quantitative estimate of drug-likeness (QED) is 0.938. The molecule has 1 unspecified atom stereocenters. The molecule has 23 heavy (non-hydrogen) atoms. The summed E-state index contributed by atoms with van der Waals surface area (Å²) in [6.45, 7) is 0.652. The van der Waals surface area contributed by atoms with Gasteiger partial charge in [0.2, 0.25) is 5.88 Å². The van der Waals surface area contributed by atoms with Gasteiger partial charge in [0.1, 0.15) is 6.10 Å². The molecule has 1 saturated carbocycles. The Labute approximate surface area is 136 Å². The molecule has 2 fully saturated rings. The van der Waals surface area contributed by atoms with E-state index in [1.54, 1.807) is 6.20 Å². The predicted octanol–water partition coefficient (Wildman–Crippen LogP) is 3.51. The van der Waals surface area contributed by atoms with E-state index in [1.165, 1.54) is 5.69 Å². The maximum absolute atomic E-state index is 6.13. The van der Waals surface area contributed by atoms with E-state index in [4.69, 9.17) is 9.47 Å². The van der Waals surface area contributed by atoms with Gasteiger partial charge in [0.15, 0.2) is 0 Å². The number of pyridine rings is 1. The Morgan fingerprint density at radius 1 is 1.04 bits per heavy atom. The highest BCUT2D eigenvalue weighted by molar-refractivity contribution is 5.43. The van der Waals surface area contributed by atoms with E-state index in [2.05, 4.69) is 34.6 Å². The zero-order valence-corrected chi connectivity index (χ0v) is 13.1. The van der Waals surface area contributed by atoms with Crippen molar-refractivity contribution in [3.8, 4) is 5.88 Å². The van der Waals surface area contributed by atoms with Crippen LogP contribution in [-0.2, 0) is 4.74 Å². The van der Waals surface area contributed by atoms with Gasteiger partial charge in [-0.3, -0.25) is 0 Å². The van der Waals surface area contributed by atoms with Crippen LogP contribution in [0.15, 0.2) is 54.7 Å². The summed E-state index contributed by atoms with van der Waals surface area (Å²) in [5, 5.41) is 3.70. The summed E-state index contributed by atoms with van der Waals surface area (Å²) in [6, 6.07) is 16.6. The van der Waals surface area contributed by atoms with E-state index in [1.807, 2.05) is 24.3 Å². The first-order valence-corrected chi connectivity index (χ1v) is 8.39. The molecule has 1 N–H and O–H groups in total. The van der Waals surface area contributed by atoms with Crippen LogP contribution in [0, 0.1) is 5.92 Å². The van der Waals surface area contributed by atoms with Crippen molar-refractivity contribution in [2.45, 2.75) is 37.5 Å². The maximum atomic E-state index is 6.13. The van der Waals surface area contributed by atoms with Crippen molar-refractivity contribution in [1.29, 1.82) is 0 Å². The van der Waals surface area contributed by atoms with Crippen molar-refractivity contribution in [2.75, 3.05) is 11.9 Å². The fraction of sp³-hybridized carbons (Fsp3) is 0.421. The van der Waals surface area contributed by atoms with Crippen LogP contribution in [-0.4, -0.2) is 29.8 Å². The number of aromatic nitrogens is 1. The minimum atomic E-state index is 0.0580. The Hall–Kier alpha value is -2.07. The summed E-state index contributed by atoms with van der Waals surface area (Å²) in [5.74, 6) is 1.13. The topological polar surface area (TPSA) is 43.4 Å². The van der Waals surface area contributed by atoms with E-state index >= 15 is 0 Å². The van der Waals surface area contributed by atoms with E-state index in [9.17, 15) is 0 Å². The normalized spacial score (nSPS) is 29.7. The van der Waals surface area contributed by atoms with Crippen molar-refractivity contribution in [3.05, 3.63) is 54.7 Å². The fourth-order valence-corrected chi connectivity index (χ4v) is 3.70. The number of rotatable bonds is 4. The molecule has 0 spiro atoms. The molecule has 2 aliphatic rings. The van der Waals surface area contributed by atoms with Crippen LogP contribution < -0.4 is 10.1 Å². The third kappa shape index (κ3) is 3.32. The molecular weight excluding hydrogens is 288 g/mol. The average Bonchev–Trinajstić information content (AvgIpc) is 2.61. The summed E-state index contributed by atoms with van der Waals surface area (Å²) in [4.78, 5) is 4.29. The van der Waals surface area contributed by atoms with Crippen molar-refractivity contribution >= 4 is 5.69 Å². The van der Waals surface area contributed by atoms with Gasteiger partial charge < -0.3 is 14.8 Å². The second kappa shape index (κ2) is 6.59. The van der Waals surface area contributed by atoms with Crippen LogP contribution in [0.5, 0.6) is 5.88 Å². The van der Waals surface area contributed by atoms with Gasteiger partial charge in [-0.1, -0.05) is 24.3 Å². The Bertz CT molecular complexity index is 566. The molecular formula is C19H22N2O2. The lowest BCUT2D eigenvalue weighted by Crippen LogP contribution is -2.52. The number of nitrogens with zero attached hydrogens (tertiary/aromatic N) is 1. The number of hydrogen-bond acceptors (Lipinski definition) is 4. The number of hydrogen-bond donors (Lipinski definition) is 1. The molecule has 1 aliphatic carbocycles. The number of benzene rings is 1. The van der Waals surface area contributed by atoms with Crippen LogP contribution >= 0.6 is 0 Å². The van der Waals surface area contributed by atoms with Gasteiger partial charge in [-0.25, -0.2) is 4.98 Å². The van der Waals surface area contributed by atoms with Crippen LogP contribution in [0.3, 0.4) is 0 Å². The molecule has 1 aromatic carbocycles. The standard InChI is InChI=1S/C19H22N2O2/c1-2-6-14(7-3-1)21-17-10-9-15-12-16(17)18(13-22-15)23-19-8-4-5-11-20-19/h1-8,11,15-18,21H,9-10,12-13H2/t15-,16+,17+,18?/m0/s1. The highest BCUT2D eigenvalue weighted by atomic mass is 16.5. The van der Waals surface area contributed by atoms with Gasteiger partial charge in [-0.15, -0.1) is 0 Å². The number of fused-ring (bicyclic) bond motifs is 2. The highest BCUT2D eigenvalue weighted by Gasteiger charge is 2.41. The molecule has 0 radical (unpaired) electrons. The van der Waals surface area contributed by atoms with Crippen LogP contribution in [0.25, 0.3) is 0 Å². The van der Waals surface area contributed by atoms with Crippen LogP contribution in [0.1, 0.15) is 19.3 Å². The Morgan fingerprint density at radius 3 is 2.74 bits per heavy atom. The van der Waals surface area contributed by atoms with E-state index in [0.717, 1.165) is 19.3 Å². The first kappa shape index (κ1) is 14.5. The van der Waals surface area contributed by atoms with E-state index < -0.39 is 0 Å². The first-order chi connectivity index (χ1) is 11.4. The summed E-state index contributed by atoms with van der Waals surface area (Å²) in [7, 11) is 0. The first-order valence-electron chi connectivity index (χ1n) is 8.39.